The minimum absolute atomic E-state index is 0.371. The molecule has 0 fully saturated rings. The first-order chi connectivity index (χ1) is 12.6. The lowest BCUT2D eigenvalue weighted by Crippen LogP contribution is -2.30. The van der Waals surface area contributed by atoms with Gasteiger partial charge in [-0.1, -0.05) is 48.0 Å². The van der Waals surface area contributed by atoms with Crippen LogP contribution in [0.4, 0.5) is 0 Å². The van der Waals surface area contributed by atoms with E-state index in [0.717, 1.165) is 22.1 Å². The van der Waals surface area contributed by atoms with Crippen LogP contribution in [0.5, 0.6) is 0 Å². The van der Waals surface area contributed by atoms with Gasteiger partial charge < -0.3 is 9.97 Å². The average molecular weight is 381 g/mol. The highest BCUT2D eigenvalue weighted by molar-refractivity contribution is 6.33. The van der Waals surface area contributed by atoms with Crippen molar-refractivity contribution in [2.45, 2.75) is 10.8 Å². The molecule has 0 saturated carbocycles. The van der Waals surface area contributed by atoms with Crippen molar-refractivity contribution in [3.05, 3.63) is 83.4 Å². The van der Waals surface area contributed by atoms with Gasteiger partial charge in [0, 0.05) is 5.03 Å². The summed E-state index contributed by atoms with van der Waals surface area (Å²) in [5.74, 6) is 0.990. The first-order valence-corrected chi connectivity index (χ1v) is 9.04. The lowest BCUT2D eigenvalue weighted by Gasteiger charge is -2.31. The predicted molar refractivity (Wildman–Crippen MR) is 106 cm³/mol. The van der Waals surface area contributed by atoms with Crippen molar-refractivity contribution in [3.63, 3.8) is 0 Å². The Morgan fingerprint density at radius 2 is 1.54 bits per heavy atom. The molecule has 6 heteroatoms. The van der Waals surface area contributed by atoms with Gasteiger partial charge in [-0.25, -0.2) is 9.97 Å². The predicted octanol–water partition coefficient (Wildman–Crippen LogP) is 5.35. The number of hydrogen-bond donors (Lipinski definition) is 2. The molecule has 128 valence electrons. The molecule has 0 spiro atoms. The molecule has 0 radical (unpaired) electrons. The summed E-state index contributed by atoms with van der Waals surface area (Å²) in [6.07, 6.45) is 5.63. The number of hydrogen-bond acceptors (Lipinski definition) is 2. The molecule has 4 nitrogen and oxygen atoms in total. The van der Waals surface area contributed by atoms with Crippen molar-refractivity contribution >= 4 is 45.3 Å². The van der Waals surface area contributed by atoms with Crippen molar-refractivity contribution in [2.24, 2.45) is 0 Å². The van der Waals surface area contributed by atoms with Gasteiger partial charge in [-0.2, -0.15) is 0 Å². The lowest BCUT2D eigenvalue weighted by atomic mass is 9.86. The smallest absolute Gasteiger partial charge is 0.135 e. The Hall–Kier alpha value is -2.56. The molecule has 4 aromatic rings. The average Bonchev–Trinajstić information content (AvgIpc) is 3.25. The Morgan fingerprint density at radius 3 is 2.23 bits per heavy atom. The van der Waals surface area contributed by atoms with Crippen molar-refractivity contribution in [1.82, 2.24) is 19.9 Å². The fourth-order valence-electron chi connectivity index (χ4n) is 3.46. The number of para-hydroxylation sites is 4. The van der Waals surface area contributed by atoms with Gasteiger partial charge in [0.15, 0.2) is 0 Å². The van der Waals surface area contributed by atoms with Crippen LogP contribution >= 0.6 is 23.2 Å². The molecular formula is C20H14Cl2N4. The molecule has 2 N–H and O–H groups in total. The Morgan fingerprint density at radius 1 is 0.885 bits per heavy atom. The van der Waals surface area contributed by atoms with E-state index in [0.29, 0.717) is 16.7 Å². The van der Waals surface area contributed by atoms with Crippen LogP contribution in [0.25, 0.3) is 22.1 Å². The van der Waals surface area contributed by atoms with E-state index in [4.69, 9.17) is 33.2 Å². The number of aromatic nitrogens is 4. The van der Waals surface area contributed by atoms with Gasteiger partial charge in [0.1, 0.15) is 16.5 Å². The molecule has 0 amide bonds. The van der Waals surface area contributed by atoms with E-state index in [1.165, 1.54) is 0 Å². The highest BCUT2D eigenvalue weighted by Gasteiger charge is 2.45. The second kappa shape index (κ2) is 5.73. The lowest BCUT2D eigenvalue weighted by molar-refractivity contribution is 0.592. The summed E-state index contributed by atoms with van der Waals surface area (Å²) >= 11 is 13.7. The molecule has 2 aromatic heterocycles. The highest BCUT2D eigenvalue weighted by Crippen LogP contribution is 2.50. The molecular weight excluding hydrogens is 367 g/mol. The van der Waals surface area contributed by atoms with Gasteiger partial charge in [-0.15, -0.1) is 11.6 Å². The topological polar surface area (TPSA) is 57.4 Å². The number of rotatable bonds is 2. The summed E-state index contributed by atoms with van der Waals surface area (Å²) in [6, 6.07) is 15.7. The van der Waals surface area contributed by atoms with Crippen LogP contribution in [0.3, 0.4) is 0 Å². The Labute approximate surface area is 159 Å². The largest absolute Gasteiger partial charge is 0.341 e. The number of H-pyrrole nitrogens is 2. The number of fused-ring (bicyclic) bond motifs is 2. The number of aromatic amines is 2. The van der Waals surface area contributed by atoms with Crippen LogP contribution in [-0.2, 0) is 4.87 Å². The van der Waals surface area contributed by atoms with Crippen LogP contribution in [0.15, 0.2) is 71.8 Å². The van der Waals surface area contributed by atoms with Crippen molar-refractivity contribution in [3.8, 4) is 0 Å². The Bertz CT molecular complexity index is 1120. The molecule has 1 aliphatic rings. The van der Waals surface area contributed by atoms with Gasteiger partial charge in [0.2, 0.25) is 0 Å². The van der Waals surface area contributed by atoms with E-state index in [2.05, 4.69) is 9.97 Å². The van der Waals surface area contributed by atoms with Crippen molar-refractivity contribution in [1.29, 1.82) is 0 Å². The second-order valence-corrected chi connectivity index (χ2v) is 7.42. The van der Waals surface area contributed by atoms with Crippen LogP contribution in [0, 0.1) is 0 Å². The standard InChI is InChI=1S/C20H14Cl2N4/c21-12-6-5-11-20(22,19-25-15-9-3-4-10-16(15)26-19)17(12)18-23-13-7-1-2-8-14(13)24-18/h1-11,17H,(H,23,24)(H,25,26). The van der Waals surface area contributed by atoms with Gasteiger partial charge >= 0.3 is 0 Å². The maximum Gasteiger partial charge on any atom is 0.135 e. The van der Waals surface area contributed by atoms with E-state index in [1.807, 2.05) is 66.8 Å². The molecule has 1 aliphatic carbocycles. The number of nitrogens with zero attached hydrogens (tertiary/aromatic N) is 2. The molecule has 0 bridgehead atoms. The number of nitrogens with one attached hydrogen (secondary N) is 2. The Kier molecular flexibility index (Phi) is 3.45. The van der Waals surface area contributed by atoms with E-state index in [9.17, 15) is 0 Å². The number of halogens is 2. The number of benzene rings is 2. The summed E-state index contributed by atoms with van der Waals surface area (Å²) in [7, 11) is 0. The van der Waals surface area contributed by atoms with Gasteiger partial charge in [0.25, 0.3) is 0 Å². The third-order valence-electron chi connectivity index (χ3n) is 4.72. The summed E-state index contributed by atoms with van der Waals surface area (Å²) in [4.78, 5) is 15.2. The maximum atomic E-state index is 7.13. The first kappa shape index (κ1) is 15.7. The van der Waals surface area contributed by atoms with Crippen LogP contribution in [0.2, 0.25) is 0 Å². The van der Waals surface area contributed by atoms with E-state index in [1.54, 1.807) is 0 Å². The molecule has 2 heterocycles. The fourth-order valence-corrected chi connectivity index (χ4v) is 4.25. The number of imidazole rings is 2. The number of allylic oxidation sites excluding steroid dienone is 4. The monoisotopic (exact) mass is 380 g/mol. The molecule has 2 unspecified atom stereocenters. The van der Waals surface area contributed by atoms with E-state index in [-0.39, 0.29) is 5.92 Å². The van der Waals surface area contributed by atoms with Crippen LogP contribution in [-0.4, -0.2) is 19.9 Å². The molecule has 2 atom stereocenters. The summed E-state index contributed by atoms with van der Waals surface area (Å²) in [5.41, 5.74) is 3.63. The van der Waals surface area contributed by atoms with E-state index < -0.39 is 4.87 Å². The number of alkyl halides is 1. The summed E-state index contributed by atoms with van der Waals surface area (Å²) in [6.45, 7) is 0. The molecule has 2 aromatic carbocycles. The van der Waals surface area contributed by atoms with Gasteiger partial charge in [0.05, 0.1) is 28.0 Å². The van der Waals surface area contributed by atoms with Gasteiger partial charge in [-0.3, -0.25) is 0 Å². The zero-order valence-electron chi connectivity index (χ0n) is 13.6. The normalized spacial score (nSPS) is 22.8. The van der Waals surface area contributed by atoms with Crippen LogP contribution < -0.4 is 0 Å². The van der Waals surface area contributed by atoms with Gasteiger partial charge in [-0.05, 0) is 30.3 Å². The minimum atomic E-state index is -0.960. The second-order valence-electron chi connectivity index (χ2n) is 6.35. The minimum Gasteiger partial charge on any atom is -0.341 e. The maximum absolute atomic E-state index is 7.13. The zero-order chi connectivity index (χ0) is 17.7. The Balaban J connectivity index is 1.70. The van der Waals surface area contributed by atoms with Crippen molar-refractivity contribution in [2.75, 3.05) is 0 Å². The fraction of sp³-hybridized carbons (Fsp3) is 0.100. The molecule has 26 heavy (non-hydrogen) atoms. The summed E-state index contributed by atoms with van der Waals surface area (Å²) in [5, 5.41) is 0.613. The van der Waals surface area contributed by atoms with Crippen LogP contribution in [0.1, 0.15) is 17.6 Å². The summed E-state index contributed by atoms with van der Waals surface area (Å²) < 4.78 is 0. The molecule has 0 saturated heterocycles. The highest BCUT2D eigenvalue weighted by atomic mass is 35.5. The SMILES string of the molecule is ClC1=CC=CC(Cl)(c2nc3ccccc3[nH]2)C1c1nc2ccccc2[nH]1. The van der Waals surface area contributed by atoms with Crippen molar-refractivity contribution < 1.29 is 0 Å². The zero-order valence-corrected chi connectivity index (χ0v) is 15.1. The third kappa shape index (κ3) is 2.30. The quantitative estimate of drug-likeness (QED) is 0.460. The first-order valence-electron chi connectivity index (χ1n) is 8.29. The van der Waals surface area contributed by atoms with E-state index >= 15 is 0 Å². The molecule has 0 aliphatic heterocycles. The third-order valence-corrected chi connectivity index (χ3v) is 5.59. The molecule has 5 rings (SSSR count).